The number of carbonyl (C=O) groups excluding carboxylic acids is 1. The van der Waals surface area contributed by atoms with Crippen molar-refractivity contribution in [3.05, 3.63) is 33.4 Å². The lowest BCUT2D eigenvalue weighted by Crippen LogP contribution is -2.35. The number of nitrogens with zero attached hydrogens (tertiary/aromatic N) is 2. The molecule has 166 valence electrons. The molecule has 0 bridgehead atoms. The van der Waals surface area contributed by atoms with Crippen LogP contribution in [0.4, 0.5) is 32.2 Å². The number of amides is 1. The van der Waals surface area contributed by atoms with Gasteiger partial charge in [0.25, 0.3) is 5.91 Å². The van der Waals surface area contributed by atoms with E-state index >= 15 is 0 Å². The Kier molecular flexibility index (Phi) is 6.24. The summed E-state index contributed by atoms with van der Waals surface area (Å²) in [5.41, 5.74) is 7.71. The molecule has 0 saturated heterocycles. The van der Waals surface area contributed by atoms with Crippen LogP contribution in [-0.4, -0.2) is 36.8 Å². The fraction of sp³-hybridized carbons (Fsp3) is 0.231. The molecular formula is C13H9Cl2F6N5O3S. The quantitative estimate of drug-likeness (QED) is 0.544. The van der Waals surface area contributed by atoms with Crippen molar-refractivity contribution in [3.63, 3.8) is 0 Å². The number of nitrogens with one attached hydrogen (secondary N) is 1. The van der Waals surface area contributed by atoms with Gasteiger partial charge in [0, 0.05) is 0 Å². The maximum absolute atomic E-state index is 12.9. The highest BCUT2D eigenvalue weighted by Crippen LogP contribution is 2.39. The van der Waals surface area contributed by atoms with Crippen LogP contribution in [0.2, 0.25) is 10.0 Å². The number of primary amides is 1. The number of halogens is 8. The number of benzene rings is 1. The molecular weight excluding hydrogens is 491 g/mol. The lowest BCUT2D eigenvalue weighted by atomic mass is 10.2. The van der Waals surface area contributed by atoms with E-state index < -0.39 is 72.5 Å². The smallest absolute Gasteiger partial charge is 0.382 e. The van der Waals surface area contributed by atoms with Crippen LogP contribution in [0.15, 0.2) is 17.0 Å². The van der Waals surface area contributed by atoms with Crippen LogP contribution in [0.3, 0.4) is 0 Å². The maximum Gasteiger partial charge on any atom is 0.416 e. The molecule has 1 aromatic carbocycles. The Morgan fingerprint density at radius 3 is 2.03 bits per heavy atom. The molecule has 5 N–H and O–H groups in total. The van der Waals surface area contributed by atoms with Gasteiger partial charge in [-0.25, -0.2) is 17.8 Å². The summed E-state index contributed by atoms with van der Waals surface area (Å²) in [6.07, 6.45) is -9.79. The summed E-state index contributed by atoms with van der Waals surface area (Å²) in [6, 6.07) is 0.841. The number of nitrogens with two attached hydrogens (primary N) is 2. The molecule has 30 heavy (non-hydrogen) atoms. The number of alkyl halides is 6. The van der Waals surface area contributed by atoms with Gasteiger partial charge in [0.2, 0.25) is 10.0 Å². The van der Waals surface area contributed by atoms with E-state index in [1.54, 1.807) is 0 Å². The van der Waals surface area contributed by atoms with Crippen molar-refractivity contribution in [2.24, 2.45) is 5.73 Å². The topological polar surface area (TPSA) is 133 Å². The van der Waals surface area contributed by atoms with E-state index in [1.165, 1.54) is 4.72 Å². The summed E-state index contributed by atoms with van der Waals surface area (Å²) in [4.78, 5) is 10.4. The summed E-state index contributed by atoms with van der Waals surface area (Å²) in [5, 5.41) is 2.07. The molecule has 0 saturated carbocycles. The van der Waals surface area contributed by atoms with E-state index in [0.717, 1.165) is 0 Å². The highest BCUT2D eigenvalue weighted by atomic mass is 35.5. The van der Waals surface area contributed by atoms with Gasteiger partial charge >= 0.3 is 12.4 Å². The van der Waals surface area contributed by atoms with Crippen molar-refractivity contribution in [2.75, 3.05) is 12.3 Å². The van der Waals surface area contributed by atoms with E-state index in [0.29, 0.717) is 16.8 Å². The molecule has 2 rings (SSSR count). The minimum absolute atomic E-state index is 0.382. The van der Waals surface area contributed by atoms with Crippen molar-refractivity contribution in [1.82, 2.24) is 14.5 Å². The molecule has 0 aliphatic carbocycles. The number of aromatic nitrogens is 2. The average Bonchev–Trinajstić information content (AvgIpc) is 2.89. The first-order valence-electron chi connectivity index (χ1n) is 7.27. The predicted molar refractivity (Wildman–Crippen MR) is 92.8 cm³/mol. The predicted octanol–water partition coefficient (Wildman–Crippen LogP) is 2.72. The summed E-state index contributed by atoms with van der Waals surface area (Å²) in [5.74, 6) is -2.48. The molecule has 0 radical (unpaired) electrons. The largest absolute Gasteiger partial charge is 0.416 e. The number of hydrogen-bond donors (Lipinski definition) is 3. The van der Waals surface area contributed by atoms with E-state index in [9.17, 15) is 39.6 Å². The van der Waals surface area contributed by atoms with Crippen molar-refractivity contribution < 1.29 is 39.6 Å². The monoisotopic (exact) mass is 499 g/mol. The number of sulfonamides is 1. The van der Waals surface area contributed by atoms with Gasteiger partial charge in [-0.15, -0.1) is 0 Å². The van der Waals surface area contributed by atoms with Crippen LogP contribution in [0.5, 0.6) is 0 Å². The Hall–Kier alpha value is -2.23. The Labute approximate surface area is 173 Å². The van der Waals surface area contributed by atoms with E-state index in [4.69, 9.17) is 34.7 Å². The summed E-state index contributed by atoms with van der Waals surface area (Å²) >= 11 is 11.6. The third-order valence-corrected chi connectivity index (χ3v) is 5.44. The van der Waals surface area contributed by atoms with Crippen LogP contribution < -0.4 is 16.2 Å². The van der Waals surface area contributed by atoms with Gasteiger partial charge in [0.1, 0.15) is 18.1 Å². The molecule has 1 heterocycles. The van der Waals surface area contributed by atoms with Crippen LogP contribution in [0.1, 0.15) is 16.1 Å². The van der Waals surface area contributed by atoms with Crippen LogP contribution >= 0.6 is 23.2 Å². The summed E-state index contributed by atoms with van der Waals surface area (Å²) in [7, 11) is -5.09. The zero-order chi connectivity index (χ0) is 23.2. The van der Waals surface area contributed by atoms with E-state index in [2.05, 4.69) is 5.10 Å². The second kappa shape index (κ2) is 7.79. The van der Waals surface area contributed by atoms with E-state index in [1.807, 2.05) is 0 Å². The lowest BCUT2D eigenvalue weighted by Gasteiger charge is -2.13. The Morgan fingerprint density at radius 1 is 1.13 bits per heavy atom. The molecule has 8 nitrogen and oxygen atoms in total. The molecule has 0 unspecified atom stereocenters. The molecule has 0 spiro atoms. The zero-order valence-electron chi connectivity index (χ0n) is 14.1. The van der Waals surface area contributed by atoms with Gasteiger partial charge in [-0.2, -0.15) is 31.4 Å². The highest BCUT2D eigenvalue weighted by molar-refractivity contribution is 7.89. The number of carbonyl (C=O) groups is 1. The first-order chi connectivity index (χ1) is 13.5. The second-order valence-corrected chi connectivity index (χ2v) is 8.08. The number of hydrogen-bond acceptors (Lipinski definition) is 5. The zero-order valence-corrected chi connectivity index (χ0v) is 16.4. The third kappa shape index (κ3) is 4.91. The van der Waals surface area contributed by atoms with Crippen LogP contribution in [0, 0.1) is 0 Å². The molecule has 1 amide bonds. The first kappa shape index (κ1) is 24.0. The van der Waals surface area contributed by atoms with E-state index in [-0.39, 0.29) is 0 Å². The average molecular weight is 500 g/mol. The van der Waals surface area contributed by atoms with Gasteiger partial charge < -0.3 is 11.5 Å². The normalized spacial score (nSPS) is 12.9. The number of rotatable bonds is 5. The van der Waals surface area contributed by atoms with Gasteiger partial charge in [-0.05, 0) is 12.1 Å². The molecule has 0 aliphatic rings. The van der Waals surface area contributed by atoms with Crippen molar-refractivity contribution >= 4 is 45.0 Å². The molecule has 1 aromatic heterocycles. The highest BCUT2D eigenvalue weighted by Gasteiger charge is 2.37. The lowest BCUT2D eigenvalue weighted by molar-refractivity contribution is -0.137. The van der Waals surface area contributed by atoms with Gasteiger partial charge in [-0.1, -0.05) is 23.2 Å². The molecule has 0 atom stereocenters. The maximum atomic E-state index is 12.9. The van der Waals surface area contributed by atoms with Crippen LogP contribution in [0.25, 0.3) is 5.69 Å². The third-order valence-electron chi connectivity index (χ3n) is 3.40. The van der Waals surface area contributed by atoms with Gasteiger partial charge in [0.15, 0.2) is 10.6 Å². The Morgan fingerprint density at radius 2 is 1.63 bits per heavy atom. The standard InChI is InChI=1S/C13H9Cl2F6N5O3S/c14-5-1-4(13(19,20)21)2-6(15)8(5)26-10(22)9(7(25-26)11(23)27)30(28,29)24-3-12(16,17)18/h1-2,24H,3,22H2,(H2,23,27). The minimum atomic E-state index is -5.09. The molecule has 17 heteroatoms. The Balaban J connectivity index is 2.72. The number of anilines is 1. The SMILES string of the molecule is NC(=O)c1nn(-c2c(Cl)cc(C(F)(F)F)cc2Cl)c(N)c1S(=O)(=O)NCC(F)(F)F. The second-order valence-electron chi connectivity index (χ2n) is 5.57. The first-order valence-corrected chi connectivity index (χ1v) is 9.51. The number of nitrogen functional groups attached to an aromatic ring is 1. The van der Waals surface area contributed by atoms with Gasteiger partial charge in [-0.3, -0.25) is 4.79 Å². The van der Waals surface area contributed by atoms with Crippen molar-refractivity contribution in [2.45, 2.75) is 17.2 Å². The molecule has 2 aromatic rings. The molecule has 0 fully saturated rings. The van der Waals surface area contributed by atoms with Gasteiger partial charge in [0.05, 0.1) is 15.6 Å². The van der Waals surface area contributed by atoms with Crippen molar-refractivity contribution in [3.8, 4) is 5.69 Å². The minimum Gasteiger partial charge on any atom is -0.382 e. The Bertz CT molecular complexity index is 1090. The van der Waals surface area contributed by atoms with Crippen molar-refractivity contribution in [1.29, 1.82) is 0 Å². The van der Waals surface area contributed by atoms with Crippen LogP contribution in [-0.2, 0) is 16.2 Å². The summed E-state index contributed by atoms with van der Waals surface area (Å²) < 4.78 is 102. The summed E-state index contributed by atoms with van der Waals surface area (Å²) in [6.45, 7) is -2.01. The molecule has 0 aliphatic heterocycles. The fourth-order valence-electron chi connectivity index (χ4n) is 2.19. The fourth-order valence-corrected chi connectivity index (χ4v) is 4.10.